The lowest BCUT2D eigenvalue weighted by Gasteiger charge is -2.15. The molecule has 0 heterocycles. The van der Waals surface area contributed by atoms with E-state index in [0.717, 1.165) is 18.4 Å². The topological polar surface area (TPSA) is 37.3 Å². The summed E-state index contributed by atoms with van der Waals surface area (Å²) in [5.74, 6) is -0.362. The number of carbonyl (C=O) groups is 1. The van der Waals surface area contributed by atoms with E-state index in [1.54, 1.807) is 12.1 Å². The molecule has 2 heteroatoms. The quantitative estimate of drug-likeness (QED) is 0.700. The Hall–Kier alpha value is -1.57. The van der Waals surface area contributed by atoms with Crippen molar-refractivity contribution in [3.8, 4) is 0 Å². The summed E-state index contributed by atoms with van der Waals surface area (Å²) >= 11 is 0. The summed E-state index contributed by atoms with van der Waals surface area (Å²) in [6.45, 7) is 6.60. The molecular formula is C17H24O2. The van der Waals surface area contributed by atoms with E-state index in [0.29, 0.717) is 11.5 Å². The predicted molar refractivity (Wildman–Crippen MR) is 80.4 cm³/mol. The van der Waals surface area contributed by atoms with Crippen LogP contribution < -0.4 is 0 Å². The fourth-order valence-corrected chi connectivity index (χ4v) is 2.09. The first-order valence-corrected chi connectivity index (χ1v) is 7.13. The van der Waals surface area contributed by atoms with E-state index in [1.807, 2.05) is 12.1 Å². The summed E-state index contributed by atoms with van der Waals surface area (Å²) in [4.78, 5) is 10.9. The second kappa shape index (κ2) is 7.78. The molecule has 1 rings (SSSR count). The van der Waals surface area contributed by atoms with Crippen molar-refractivity contribution in [2.75, 3.05) is 0 Å². The summed E-state index contributed by atoms with van der Waals surface area (Å²) in [5.41, 5.74) is 2.84. The third kappa shape index (κ3) is 4.55. The summed E-state index contributed by atoms with van der Waals surface area (Å²) in [6, 6.07) is 7.22. The third-order valence-corrected chi connectivity index (χ3v) is 3.53. The molecule has 0 saturated heterocycles. The van der Waals surface area contributed by atoms with Gasteiger partial charge in [0.2, 0.25) is 0 Å². The van der Waals surface area contributed by atoms with E-state index in [9.17, 15) is 4.79 Å². The van der Waals surface area contributed by atoms with Gasteiger partial charge in [0.1, 0.15) is 0 Å². The van der Waals surface area contributed by atoms with Crippen LogP contribution in [0.4, 0.5) is 0 Å². The monoisotopic (exact) mass is 260 g/mol. The lowest BCUT2D eigenvalue weighted by molar-refractivity contribution is 0.0697. The molecule has 1 unspecified atom stereocenters. The molecule has 0 radical (unpaired) electrons. The predicted octanol–water partition coefficient (Wildman–Crippen LogP) is 5.00. The van der Waals surface area contributed by atoms with Crippen molar-refractivity contribution in [1.29, 1.82) is 0 Å². The van der Waals surface area contributed by atoms with Crippen LogP contribution in [0.1, 0.15) is 62.4 Å². The molecule has 1 atom stereocenters. The second-order valence-corrected chi connectivity index (χ2v) is 4.99. The van der Waals surface area contributed by atoms with E-state index in [2.05, 4.69) is 26.8 Å². The maximum atomic E-state index is 10.9. The lowest BCUT2D eigenvalue weighted by atomic mass is 9.90. The van der Waals surface area contributed by atoms with Gasteiger partial charge in [0.25, 0.3) is 0 Å². The molecule has 0 aromatic heterocycles. The molecule has 0 spiro atoms. The van der Waals surface area contributed by atoms with Crippen molar-refractivity contribution >= 4 is 11.5 Å². The van der Waals surface area contributed by atoms with Gasteiger partial charge in [-0.2, -0.15) is 0 Å². The molecule has 0 bridgehead atoms. The van der Waals surface area contributed by atoms with Crippen molar-refractivity contribution in [2.24, 2.45) is 5.92 Å². The number of carboxylic acid groups (broad SMARTS) is 1. The number of unbranched alkanes of at least 4 members (excludes halogenated alkanes) is 2. The van der Waals surface area contributed by atoms with E-state index in [4.69, 9.17) is 5.11 Å². The molecule has 104 valence electrons. The van der Waals surface area contributed by atoms with Crippen molar-refractivity contribution in [3.63, 3.8) is 0 Å². The van der Waals surface area contributed by atoms with Gasteiger partial charge < -0.3 is 5.11 Å². The zero-order valence-corrected chi connectivity index (χ0v) is 12.1. The van der Waals surface area contributed by atoms with Crippen LogP contribution in [0.3, 0.4) is 0 Å². The van der Waals surface area contributed by atoms with Crippen LogP contribution in [0.5, 0.6) is 0 Å². The van der Waals surface area contributed by atoms with Gasteiger partial charge >= 0.3 is 5.97 Å². The molecule has 0 saturated carbocycles. The van der Waals surface area contributed by atoms with Gasteiger partial charge in [-0.25, -0.2) is 4.79 Å². The zero-order valence-electron chi connectivity index (χ0n) is 12.1. The van der Waals surface area contributed by atoms with Gasteiger partial charge in [-0.05, 0) is 42.0 Å². The molecule has 1 aromatic rings. The van der Waals surface area contributed by atoms with Crippen LogP contribution in [-0.2, 0) is 0 Å². The first-order chi connectivity index (χ1) is 9.10. The Morgan fingerprint density at radius 3 is 2.26 bits per heavy atom. The van der Waals surface area contributed by atoms with Crippen molar-refractivity contribution in [2.45, 2.75) is 46.5 Å². The number of carboxylic acids is 1. The molecule has 19 heavy (non-hydrogen) atoms. The van der Waals surface area contributed by atoms with Crippen molar-refractivity contribution in [3.05, 3.63) is 41.5 Å². The van der Waals surface area contributed by atoms with Crippen molar-refractivity contribution in [1.82, 2.24) is 0 Å². The van der Waals surface area contributed by atoms with Gasteiger partial charge in [-0.15, -0.1) is 0 Å². The molecule has 0 aliphatic heterocycles. The number of hydrogen-bond acceptors (Lipinski definition) is 1. The van der Waals surface area contributed by atoms with Crippen LogP contribution >= 0.6 is 0 Å². The number of benzene rings is 1. The van der Waals surface area contributed by atoms with Crippen LogP contribution in [0, 0.1) is 5.92 Å². The maximum Gasteiger partial charge on any atom is 0.335 e. The Bertz CT molecular complexity index is 429. The zero-order chi connectivity index (χ0) is 14.3. The molecule has 1 N–H and O–H groups in total. The first kappa shape index (κ1) is 15.5. The van der Waals surface area contributed by atoms with E-state index < -0.39 is 5.97 Å². The molecule has 0 aliphatic carbocycles. The number of hydrogen-bond donors (Lipinski definition) is 1. The summed E-state index contributed by atoms with van der Waals surface area (Å²) in [5, 5.41) is 8.93. The SMILES string of the molecule is CCCC/C=C(/c1ccc(C(=O)O)cc1)C(C)CC. The summed E-state index contributed by atoms with van der Waals surface area (Å²) < 4.78 is 0. The number of rotatable bonds is 7. The van der Waals surface area contributed by atoms with Gasteiger partial charge in [-0.1, -0.05) is 51.8 Å². The Labute approximate surface area is 116 Å². The molecule has 2 nitrogen and oxygen atoms in total. The Balaban J connectivity index is 2.97. The average molecular weight is 260 g/mol. The lowest BCUT2D eigenvalue weighted by Crippen LogP contribution is -2.00. The van der Waals surface area contributed by atoms with Gasteiger partial charge in [0.15, 0.2) is 0 Å². The normalized spacial score (nSPS) is 13.3. The highest BCUT2D eigenvalue weighted by molar-refractivity contribution is 5.88. The Kier molecular flexibility index (Phi) is 6.34. The van der Waals surface area contributed by atoms with Gasteiger partial charge in [0, 0.05) is 0 Å². The molecule has 0 amide bonds. The van der Waals surface area contributed by atoms with E-state index in [-0.39, 0.29) is 0 Å². The maximum absolute atomic E-state index is 10.9. The van der Waals surface area contributed by atoms with E-state index in [1.165, 1.54) is 18.4 Å². The Morgan fingerprint density at radius 2 is 1.79 bits per heavy atom. The summed E-state index contributed by atoms with van der Waals surface area (Å²) in [7, 11) is 0. The minimum atomic E-state index is -0.869. The molecule has 0 aliphatic rings. The smallest absolute Gasteiger partial charge is 0.335 e. The highest BCUT2D eigenvalue weighted by Gasteiger charge is 2.10. The van der Waals surface area contributed by atoms with Crippen LogP contribution in [-0.4, -0.2) is 11.1 Å². The van der Waals surface area contributed by atoms with Crippen LogP contribution in [0.25, 0.3) is 5.57 Å². The fraction of sp³-hybridized carbons (Fsp3) is 0.471. The minimum Gasteiger partial charge on any atom is -0.478 e. The second-order valence-electron chi connectivity index (χ2n) is 4.99. The number of aromatic carboxylic acids is 1. The highest BCUT2D eigenvalue weighted by Crippen LogP contribution is 2.27. The fourth-order valence-electron chi connectivity index (χ4n) is 2.09. The van der Waals surface area contributed by atoms with Crippen LogP contribution in [0.2, 0.25) is 0 Å². The number of allylic oxidation sites excluding steroid dienone is 2. The largest absolute Gasteiger partial charge is 0.478 e. The van der Waals surface area contributed by atoms with E-state index >= 15 is 0 Å². The minimum absolute atomic E-state index is 0.348. The highest BCUT2D eigenvalue weighted by atomic mass is 16.4. The van der Waals surface area contributed by atoms with Gasteiger partial charge in [0.05, 0.1) is 5.56 Å². The summed E-state index contributed by atoms with van der Waals surface area (Å²) in [6.07, 6.45) is 6.90. The van der Waals surface area contributed by atoms with Crippen molar-refractivity contribution < 1.29 is 9.90 Å². The van der Waals surface area contributed by atoms with Gasteiger partial charge in [-0.3, -0.25) is 0 Å². The average Bonchev–Trinajstić information content (AvgIpc) is 2.43. The molecular weight excluding hydrogens is 236 g/mol. The van der Waals surface area contributed by atoms with Crippen LogP contribution in [0.15, 0.2) is 30.3 Å². The standard InChI is InChI=1S/C17H24O2/c1-4-6-7-8-16(13(3)5-2)14-9-11-15(12-10-14)17(18)19/h8-13H,4-7H2,1-3H3,(H,18,19)/b16-8+. The molecule has 1 aromatic carbocycles. The molecule has 0 fully saturated rings. The third-order valence-electron chi connectivity index (χ3n) is 3.53. The Morgan fingerprint density at radius 1 is 1.21 bits per heavy atom. The first-order valence-electron chi connectivity index (χ1n) is 7.13.